The monoisotopic (exact) mass is 448 g/mol. The van der Waals surface area contributed by atoms with Crippen molar-refractivity contribution in [2.45, 2.75) is 56.9 Å². The lowest BCUT2D eigenvalue weighted by Crippen LogP contribution is -2.50. The Labute approximate surface area is 184 Å². The minimum Gasteiger partial charge on any atom is -0.320 e. The molecule has 8 nitrogen and oxygen atoms in total. The van der Waals surface area contributed by atoms with Crippen molar-refractivity contribution in [3.63, 3.8) is 0 Å². The van der Waals surface area contributed by atoms with E-state index >= 15 is 0 Å². The van der Waals surface area contributed by atoms with Crippen LogP contribution in [0.5, 0.6) is 0 Å². The SMILES string of the molecule is N[C@H](CC1CCC1)C(=O)NC(=O)C1C[C@@H](F)CN1Cc1cc(Cl)ccc1-n1cncn1. The number of hydrogen-bond acceptors (Lipinski definition) is 6. The average Bonchev–Trinajstić information content (AvgIpc) is 3.34. The predicted octanol–water partition coefficient (Wildman–Crippen LogP) is 1.99. The van der Waals surface area contributed by atoms with Gasteiger partial charge >= 0.3 is 0 Å². The van der Waals surface area contributed by atoms with E-state index in [-0.39, 0.29) is 19.5 Å². The molecule has 2 fully saturated rings. The molecule has 1 aromatic heterocycles. The molecule has 2 heterocycles. The second kappa shape index (κ2) is 9.42. The van der Waals surface area contributed by atoms with E-state index in [4.69, 9.17) is 17.3 Å². The number of likely N-dealkylation sites (tertiary alicyclic amines) is 1. The molecular weight excluding hydrogens is 423 g/mol. The van der Waals surface area contributed by atoms with Crippen molar-refractivity contribution < 1.29 is 14.0 Å². The van der Waals surface area contributed by atoms with Crippen LogP contribution in [0.1, 0.15) is 37.7 Å². The number of imide groups is 1. The van der Waals surface area contributed by atoms with E-state index in [2.05, 4.69) is 15.4 Å². The lowest BCUT2D eigenvalue weighted by Gasteiger charge is -2.28. The first-order chi connectivity index (χ1) is 14.9. The highest BCUT2D eigenvalue weighted by Crippen LogP contribution is 2.30. The molecule has 10 heteroatoms. The first-order valence-corrected chi connectivity index (χ1v) is 10.9. The van der Waals surface area contributed by atoms with E-state index < -0.39 is 30.1 Å². The van der Waals surface area contributed by atoms with Gasteiger partial charge in [0.05, 0.1) is 17.8 Å². The summed E-state index contributed by atoms with van der Waals surface area (Å²) in [5.41, 5.74) is 7.48. The number of nitrogens with two attached hydrogens (primary N) is 1. The molecule has 4 rings (SSSR count). The molecule has 1 aromatic carbocycles. The quantitative estimate of drug-likeness (QED) is 0.671. The number of carbonyl (C=O) groups excluding carboxylic acids is 2. The van der Waals surface area contributed by atoms with E-state index in [1.807, 2.05) is 0 Å². The van der Waals surface area contributed by atoms with Crippen molar-refractivity contribution in [1.82, 2.24) is 25.0 Å². The molecule has 166 valence electrons. The topological polar surface area (TPSA) is 106 Å². The number of alkyl halides is 1. The van der Waals surface area contributed by atoms with Gasteiger partial charge in [-0.15, -0.1) is 0 Å². The Morgan fingerprint density at radius 3 is 2.84 bits per heavy atom. The standard InChI is InChI=1S/C21H26ClFN6O2/c22-15-4-5-18(29-12-25-11-26-29)14(7-15)9-28-10-16(23)8-19(28)21(31)27-20(30)17(24)6-13-2-1-3-13/h4-5,7,11-13,16-17,19H,1-3,6,8-10,24H2,(H,27,30,31)/t16-,17-,19?/m1/s1. The van der Waals surface area contributed by atoms with Crippen molar-refractivity contribution in [2.75, 3.05) is 6.54 Å². The maximum Gasteiger partial charge on any atom is 0.244 e. The van der Waals surface area contributed by atoms with Crippen LogP contribution in [0, 0.1) is 5.92 Å². The summed E-state index contributed by atoms with van der Waals surface area (Å²) in [6, 6.07) is 3.80. The summed E-state index contributed by atoms with van der Waals surface area (Å²) in [7, 11) is 0. The number of rotatable bonds is 7. The molecule has 0 spiro atoms. The van der Waals surface area contributed by atoms with Gasteiger partial charge < -0.3 is 5.73 Å². The zero-order valence-electron chi connectivity index (χ0n) is 17.1. The van der Waals surface area contributed by atoms with E-state index in [1.54, 1.807) is 34.1 Å². The van der Waals surface area contributed by atoms with Gasteiger partial charge in [0.15, 0.2) is 0 Å². The third-order valence-electron chi connectivity index (χ3n) is 6.13. The predicted molar refractivity (Wildman–Crippen MR) is 113 cm³/mol. The highest BCUT2D eigenvalue weighted by Gasteiger charge is 2.38. The van der Waals surface area contributed by atoms with Crippen LogP contribution >= 0.6 is 11.6 Å². The number of aromatic nitrogens is 3. The van der Waals surface area contributed by atoms with Gasteiger partial charge in [-0.25, -0.2) is 14.1 Å². The van der Waals surface area contributed by atoms with E-state index in [9.17, 15) is 14.0 Å². The van der Waals surface area contributed by atoms with Crippen LogP contribution in [0.25, 0.3) is 5.69 Å². The van der Waals surface area contributed by atoms with Crippen LogP contribution in [0.15, 0.2) is 30.9 Å². The second-order valence-corrected chi connectivity index (χ2v) is 8.82. The fraction of sp³-hybridized carbons (Fsp3) is 0.524. The molecule has 1 unspecified atom stereocenters. The summed E-state index contributed by atoms with van der Waals surface area (Å²) in [5, 5.41) is 7.07. The molecule has 0 bridgehead atoms. The van der Waals surface area contributed by atoms with Crippen molar-refractivity contribution in [3.8, 4) is 5.69 Å². The Hall–Kier alpha value is -2.36. The number of nitrogens with zero attached hydrogens (tertiary/aromatic N) is 4. The zero-order valence-corrected chi connectivity index (χ0v) is 17.8. The molecular formula is C21H26ClFN6O2. The van der Waals surface area contributed by atoms with Crippen LogP contribution in [-0.2, 0) is 16.1 Å². The highest BCUT2D eigenvalue weighted by atomic mass is 35.5. The van der Waals surface area contributed by atoms with Crippen LogP contribution in [-0.4, -0.2) is 56.3 Å². The lowest BCUT2D eigenvalue weighted by molar-refractivity contribution is -0.134. The molecule has 1 aliphatic heterocycles. The Bertz CT molecular complexity index is 936. The third kappa shape index (κ3) is 5.11. The maximum atomic E-state index is 14.3. The number of amides is 2. The molecule has 1 aliphatic carbocycles. The molecule has 2 aromatic rings. The summed E-state index contributed by atoms with van der Waals surface area (Å²) >= 11 is 6.18. The zero-order chi connectivity index (χ0) is 22.0. The first kappa shape index (κ1) is 21.9. The van der Waals surface area contributed by atoms with Gasteiger partial charge in [-0.3, -0.25) is 19.8 Å². The normalized spacial score (nSPS) is 22.8. The van der Waals surface area contributed by atoms with Gasteiger partial charge in [-0.2, -0.15) is 5.10 Å². The molecule has 2 aliphatic rings. The fourth-order valence-corrected chi connectivity index (χ4v) is 4.44. The molecule has 3 N–H and O–H groups in total. The number of nitrogens with one attached hydrogen (secondary N) is 1. The van der Waals surface area contributed by atoms with Gasteiger partial charge in [0.25, 0.3) is 0 Å². The second-order valence-electron chi connectivity index (χ2n) is 8.38. The minimum absolute atomic E-state index is 0.0240. The van der Waals surface area contributed by atoms with Crippen LogP contribution in [0.4, 0.5) is 4.39 Å². The van der Waals surface area contributed by atoms with Gasteiger partial charge in [0.2, 0.25) is 11.8 Å². The summed E-state index contributed by atoms with van der Waals surface area (Å²) in [6.45, 7) is 0.361. The Morgan fingerprint density at radius 2 is 2.16 bits per heavy atom. The first-order valence-electron chi connectivity index (χ1n) is 10.5. The molecule has 3 atom stereocenters. The van der Waals surface area contributed by atoms with Crippen LogP contribution in [0.3, 0.4) is 0 Å². The molecule has 31 heavy (non-hydrogen) atoms. The summed E-state index contributed by atoms with van der Waals surface area (Å²) in [6.07, 6.45) is 5.71. The Kier molecular flexibility index (Phi) is 6.64. The maximum absolute atomic E-state index is 14.3. The summed E-state index contributed by atoms with van der Waals surface area (Å²) in [5.74, 6) is -0.559. The third-order valence-corrected chi connectivity index (χ3v) is 6.37. The number of benzene rings is 1. The van der Waals surface area contributed by atoms with Crippen molar-refractivity contribution in [1.29, 1.82) is 0 Å². The van der Waals surface area contributed by atoms with Gasteiger partial charge in [0.1, 0.15) is 18.8 Å². The Morgan fingerprint density at radius 1 is 1.35 bits per heavy atom. The highest BCUT2D eigenvalue weighted by molar-refractivity contribution is 6.30. The van der Waals surface area contributed by atoms with E-state index in [1.165, 1.54) is 6.33 Å². The number of halogens is 2. The summed E-state index contributed by atoms with van der Waals surface area (Å²) < 4.78 is 15.9. The number of carbonyl (C=O) groups is 2. The molecule has 0 radical (unpaired) electrons. The van der Waals surface area contributed by atoms with Gasteiger partial charge in [0, 0.05) is 24.5 Å². The smallest absolute Gasteiger partial charge is 0.244 e. The van der Waals surface area contributed by atoms with E-state index in [0.29, 0.717) is 17.4 Å². The fourth-order valence-electron chi connectivity index (χ4n) is 4.24. The number of hydrogen-bond donors (Lipinski definition) is 2. The largest absolute Gasteiger partial charge is 0.320 e. The van der Waals surface area contributed by atoms with E-state index in [0.717, 1.165) is 30.5 Å². The Balaban J connectivity index is 1.45. The average molecular weight is 449 g/mol. The molecule has 1 saturated heterocycles. The van der Waals surface area contributed by atoms with Gasteiger partial charge in [-0.1, -0.05) is 30.9 Å². The lowest BCUT2D eigenvalue weighted by atomic mass is 9.81. The molecule has 2 amide bonds. The molecule has 1 saturated carbocycles. The summed E-state index contributed by atoms with van der Waals surface area (Å²) in [4.78, 5) is 30.9. The van der Waals surface area contributed by atoms with Crippen molar-refractivity contribution in [2.24, 2.45) is 11.7 Å². The van der Waals surface area contributed by atoms with Crippen LogP contribution in [0.2, 0.25) is 5.02 Å². The van der Waals surface area contributed by atoms with Crippen molar-refractivity contribution >= 4 is 23.4 Å². The van der Waals surface area contributed by atoms with Gasteiger partial charge in [-0.05, 0) is 36.1 Å². The minimum atomic E-state index is -1.16. The van der Waals surface area contributed by atoms with Crippen LogP contribution < -0.4 is 11.1 Å². The van der Waals surface area contributed by atoms with Crippen molar-refractivity contribution in [3.05, 3.63) is 41.4 Å².